The third-order valence-corrected chi connectivity index (χ3v) is 3.76. The van der Waals surface area contributed by atoms with Gasteiger partial charge in [-0.1, -0.05) is 23.2 Å². The molecule has 19 heavy (non-hydrogen) atoms. The predicted octanol–water partition coefficient (Wildman–Crippen LogP) is 4.57. The second-order valence-corrected chi connectivity index (χ2v) is 5.21. The first-order chi connectivity index (χ1) is 9.10. The molecular formula is C12H7Cl2N3OS. The third-order valence-electron chi connectivity index (χ3n) is 2.19. The van der Waals surface area contributed by atoms with Crippen LogP contribution in [0.25, 0.3) is 0 Å². The standard InChI is InChI=1S/C12H7Cl2N3OS/c13-9-2-1-8(5-10(9)14)16-12(18)17-11-7(6-15)3-4-19-11/h1-5H,(H2,16,17,18). The maximum absolute atomic E-state index is 11.7. The van der Waals surface area contributed by atoms with Crippen LogP contribution in [0.4, 0.5) is 15.5 Å². The topological polar surface area (TPSA) is 64.9 Å². The molecule has 96 valence electrons. The van der Waals surface area contributed by atoms with Crippen LogP contribution in [-0.2, 0) is 0 Å². The Morgan fingerprint density at radius 1 is 1.21 bits per heavy atom. The number of benzene rings is 1. The van der Waals surface area contributed by atoms with E-state index < -0.39 is 6.03 Å². The molecule has 0 aliphatic carbocycles. The number of carbonyl (C=O) groups excluding carboxylic acids is 1. The number of urea groups is 1. The van der Waals surface area contributed by atoms with E-state index in [1.54, 1.807) is 29.6 Å². The monoisotopic (exact) mass is 311 g/mol. The molecule has 2 N–H and O–H groups in total. The number of halogens is 2. The van der Waals surface area contributed by atoms with Crippen molar-refractivity contribution in [1.29, 1.82) is 5.26 Å². The minimum absolute atomic E-state index is 0.355. The van der Waals surface area contributed by atoms with Gasteiger partial charge in [0.25, 0.3) is 0 Å². The molecule has 0 atom stereocenters. The number of hydrogen-bond acceptors (Lipinski definition) is 3. The Morgan fingerprint density at radius 3 is 2.68 bits per heavy atom. The number of amides is 2. The van der Waals surface area contributed by atoms with Crippen molar-refractivity contribution in [3.05, 3.63) is 45.3 Å². The van der Waals surface area contributed by atoms with Crippen LogP contribution in [-0.4, -0.2) is 6.03 Å². The van der Waals surface area contributed by atoms with Crippen LogP contribution in [0.3, 0.4) is 0 Å². The summed E-state index contributed by atoms with van der Waals surface area (Å²) in [7, 11) is 0. The van der Waals surface area contributed by atoms with Gasteiger partial charge in [0.1, 0.15) is 11.1 Å². The molecule has 4 nitrogen and oxygen atoms in total. The molecule has 0 aliphatic rings. The lowest BCUT2D eigenvalue weighted by molar-refractivity contribution is 0.262. The second kappa shape index (κ2) is 5.93. The third kappa shape index (κ3) is 3.38. The highest BCUT2D eigenvalue weighted by atomic mass is 35.5. The lowest BCUT2D eigenvalue weighted by Crippen LogP contribution is -2.19. The zero-order valence-electron chi connectivity index (χ0n) is 9.41. The van der Waals surface area contributed by atoms with E-state index in [1.807, 2.05) is 6.07 Å². The normalized spacial score (nSPS) is 9.74. The van der Waals surface area contributed by atoms with Crippen molar-refractivity contribution in [1.82, 2.24) is 0 Å². The summed E-state index contributed by atoms with van der Waals surface area (Å²) in [5, 5.41) is 17.0. The van der Waals surface area contributed by atoms with E-state index in [0.29, 0.717) is 26.3 Å². The second-order valence-electron chi connectivity index (χ2n) is 3.48. The predicted molar refractivity (Wildman–Crippen MR) is 78.1 cm³/mol. The van der Waals surface area contributed by atoms with Crippen LogP contribution < -0.4 is 10.6 Å². The minimum Gasteiger partial charge on any atom is -0.308 e. The number of carbonyl (C=O) groups is 1. The first-order valence-corrected chi connectivity index (χ1v) is 6.74. The number of nitriles is 1. The first kappa shape index (κ1) is 13.7. The molecule has 0 saturated heterocycles. The maximum Gasteiger partial charge on any atom is 0.324 e. The van der Waals surface area contributed by atoms with Gasteiger partial charge < -0.3 is 5.32 Å². The number of anilines is 2. The quantitative estimate of drug-likeness (QED) is 0.853. The van der Waals surface area contributed by atoms with E-state index in [0.717, 1.165) is 0 Å². The zero-order valence-corrected chi connectivity index (χ0v) is 11.7. The van der Waals surface area contributed by atoms with Crippen LogP contribution in [0.1, 0.15) is 5.56 Å². The summed E-state index contributed by atoms with van der Waals surface area (Å²) in [6.45, 7) is 0. The molecule has 0 fully saturated rings. The Bertz CT molecular complexity index is 663. The Kier molecular flexibility index (Phi) is 4.27. The number of rotatable bonds is 2. The van der Waals surface area contributed by atoms with Crippen molar-refractivity contribution in [2.24, 2.45) is 0 Å². The molecule has 0 bridgehead atoms. The highest BCUT2D eigenvalue weighted by Gasteiger charge is 2.08. The summed E-state index contributed by atoms with van der Waals surface area (Å²) in [4.78, 5) is 11.7. The largest absolute Gasteiger partial charge is 0.324 e. The van der Waals surface area contributed by atoms with Crippen molar-refractivity contribution in [3.8, 4) is 6.07 Å². The Morgan fingerprint density at radius 2 is 2.00 bits per heavy atom. The Hall–Kier alpha value is -1.74. The van der Waals surface area contributed by atoms with Crippen molar-refractivity contribution in [2.75, 3.05) is 10.6 Å². The summed E-state index contributed by atoms with van der Waals surface area (Å²) in [6.07, 6.45) is 0. The molecule has 0 aliphatic heterocycles. The van der Waals surface area contributed by atoms with Gasteiger partial charge in [-0.25, -0.2) is 4.79 Å². The van der Waals surface area contributed by atoms with Crippen molar-refractivity contribution in [2.45, 2.75) is 0 Å². The van der Waals surface area contributed by atoms with E-state index in [9.17, 15) is 4.79 Å². The van der Waals surface area contributed by atoms with Crippen LogP contribution in [0.15, 0.2) is 29.6 Å². The molecule has 7 heteroatoms. The van der Waals surface area contributed by atoms with Crippen molar-refractivity contribution in [3.63, 3.8) is 0 Å². The lowest BCUT2D eigenvalue weighted by Gasteiger charge is -2.07. The number of nitrogens with zero attached hydrogens (tertiary/aromatic N) is 1. The number of thiophene rings is 1. The molecule has 2 aromatic rings. The van der Waals surface area contributed by atoms with Crippen LogP contribution in [0.2, 0.25) is 10.0 Å². The molecular weight excluding hydrogens is 305 g/mol. The Labute approximate surface area is 123 Å². The van der Waals surface area contributed by atoms with Gasteiger partial charge in [0.2, 0.25) is 0 Å². The molecule has 1 aromatic carbocycles. The van der Waals surface area contributed by atoms with Gasteiger partial charge in [-0.15, -0.1) is 11.3 Å². The van der Waals surface area contributed by atoms with E-state index >= 15 is 0 Å². The fourth-order valence-corrected chi connectivity index (χ4v) is 2.36. The molecule has 2 rings (SSSR count). The zero-order chi connectivity index (χ0) is 13.8. The first-order valence-electron chi connectivity index (χ1n) is 5.11. The molecule has 1 aromatic heterocycles. The maximum atomic E-state index is 11.7. The summed E-state index contributed by atoms with van der Waals surface area (Å²) in [6, 6.07) is 7.95. The fourth-order valence-electron chi connectivity index (χ4n) is 1.33. The minimum atomic E-state index is -0.447. The lowest BCUT2D eigenvalue weighted by atomic mass is 10.3. The summed E-state index contributed by atoms with van der Waals surface area (Å²) < 4.78 is 0. The van der Waals surface area contributed by atoms with E-state index in [2.05, 4.69) is 10.6 Å². The molecule has 0 spiro atoms. The van der Waals surface area contributed by atoms with E-state index in [4.69, 9.17) is 28.5 Å². The van der Waals surface area contributed by atoms with E-state index in [1.165, 1.54) is 11.3 Å². The molecule has 0 saturated carbocycles. The highest BCUT2D eigenvalue weighted by molar-refractivity contribution is 7.14. The van der Waals surface area contributed by atoms with Crippen molar-refractivity contribution >= 4 is 51.3 Å². The highest BCUT2D eigenvalue weighted by Crippen LogP contribution is 2.26. The van der Waals surface area contributed by atoms with Crippen LogP contribution in [0.5, 0.6) is 0 Å². The molecule has 2 amide bonds. The van der Waals surface area contributed by atoms with Gasteiger partial charge in [0, 0.05) is 5.69 Å². The summed E-state index contributed by atoms with van der Waals surface area (Å²) >= 11 is 12.9. The smallest absolute Gasteiger partial charge is 0.308 e. The SMILES string of the molecule is N#Cc1ccsc1NC(=O)Nc1ccc(Cl)c(Cl)c1. The van der Waals surface area contributed by atoms with Crippen molar-refractivity contribution < 1.29 is 4.79 Å². The summed E-state index contributed by atoms with van der Waals surface area (Å²) in [5.41, 5.74) is 0.941. The average Bonchev–Trinajstić information content (AvgIpc) is 2.81. The number of hydrogen-bond donors (Lipinski definition) is 2. The van der Waals surface area contributed by atoms with Gasteiger partial charge in [-0.05, 0) is 29.6 Å². The molecule has 1 heterocycles. The van der Waals surface area contributed by atoms with E-state index in [-0.39, 0.29) is 0 Å². The van der Waals surface area contributed by atoms with Crippen LogP contribution >= 0.6 is 34.5 Å². The van der Waals surface area contributed by atoms with Gasteiger partial charge in [-0.2, -0.15) is 5.26 Å². The van der Waals surface area contributed by atoms with Gasteiger partial charge in [-0.3, -0.25) is 5.32 Å². The molecule has 0 radical (unpaired) electrons. The van der Waals surface area contributed by atoms with Gasteiger partial charge >= 0.3 is 6.03 Å². The fraction of sp³-hybridized carbons (Fsp3) is 0. The van der Waals surface area contributed by atoms with Gasteiger partial charge in [0.05, 0.1) is 15.6 Å². The molecule has 0 unspecified atom stereocenters. The Balaban J connectivity index is 2.06. The summed E-state index contributed by atoms with van der Waals surface area (Å²) in [5.74, 6) is 0. The van der Waals surface area contributed by atoms with Gasteiger partial charge in [0.15, 0.2) is 0 Å². The van der Waals surface area contributed by atoms with Crippen LogP contribution in [0, 0.1) is 11.3 Å². The average molecular weight is 312 g/mol. The number of nitrogens with one attached hydrogen (secondary N) is 2.